The van der Waals surface area contributed by atoms with Crippen molar-refractivity contribution in [3.05, 3.63) is 0 Å². The maximum absolute atomic E-state index is 14.4. The molecule has 1 saturated heterocycles. The van der Waals surface area contributed by atoms with Crippen LogP contribution >= 0.6 is 0 Å². The standard InChI is InChI=1S/C18H35FO5/c1-4-7-10-21-15-14(13-20)24-18(19)17(23-12-9-6-3)16(15)22-11-8-5-2/h14-18,20H,4-13H2,1-3H3/t14?,15-,16?,17+,18+/m1/s1. The molecule has 6 heteroatoms. The Kier molecular flexibility index (Phi) is 11.8. The number of aliphatic hydroxyl groups excluding tert-OH is 1. The molecule has 1 fully saturated rings. The number of aliphatic hydroxyl groups is 1. The summed E-state index contributed by atoms with van der Waals surface area (Å²) in [5.41, 5.74) is 0. The van der Waals surface area contributed by atoms with Gasteiger partial charge in [0, 0.05) is 19.8 Å². The normalized spacial score (nSPS) is 30.6. The summed E-state index contributed by atoms with van der Waals surface area (Å²) in [7, 11) is 0. The number of halogens is 1. The first-order valence-electron chi connectivity index (χ1n) is 9.44. The summed E-state index contributed by atoms with van der Waals surface area (Å²) in [5.74, 6) is 0. The van der Waals surface area contributed by atoms with Crippen molar-refractivity contribution in [3.63, 3.8) is 0 Å². The third-order valence-corrected chi connectivity index (χ3v) is 4.18. The maximum Gasteiger partial charge on any atom is 0.228 e. The van der Waals surface area contributed by atoms with Crippen LogP contribution in [0.5, 0.6) is 0 Å². The zero-order chi connectivity index (χ0) is 17.8. The minimum atomic E-state index is -1.61. The van der Waals surface area contributed by atoms with Crippen LogP contribution in [0.3, 0.4) is 0 Å². The van der Waals surface area contributed by atoms with E-state index in [1.165, 1.54) is 0 Å². The van der Waals surface area contributed by atoms with Gasteiger partial charge >= 0.3 is 0 Å². The van der Waals surface area contributed by atoms with Crippen LogP contribution in [-0.2, 0) is 18.9 Å². The number of unbranched alkanes of at least 4 members (excludes halogenated alkanes) is 3. The predicted octanol–water partition coefficient (Wildman–Crippen LogP) is 3.23. The molecule has 1 rings (SSSR count). The molecule has 0 radical (unpaired) electrons. The topological polar surface area (TPSA) is 57.2 Å². The van der Waals surface area contributed by atoms with Crippen LogP contribution in [0.25, 0.3) is 0 Å². The zero-order valence-corrected chi connectivity index (χ0v) is 15.4. The fourth-order valence-corrected chi connectivity index (χ4v) is 2.67. The SMILES string of the molecule is CCCCOC1[C@H](OCCCC)C(CO)O[C@H](F)[C@H]1OCCCC. The van der Waals surface area contributed by atoms with Crippen LogP contribution in [0.1, 0.15) is 59.3 Å². The fourth-order valence-electron chi connectivity index (χ4n) is 2.67. The molecule has 0 saturated carbocycles. The van der Waals surface area contributed by atoms with Gasteiger partial charge in [0.05, 0.1) is 6.61 Å². The van der Waals surface area contributed by atoms with E-state index in [0.717, 1.165) is 38.5 Å². The van der Waals surface area contributed by atoms with Crippen molar-refractivity contribution in [2.24, 2.45) is 0 Å². The molecule has 0 aliphatic carbocycles. The van der Waals surface area contributed by atoms with Gasteiger partial charge in [0.2, 0.25) is 6.36 Å². The van der Waals surface area contributed by atoms with Crippen LogP contribution in [-0.4, -0.2) is 62.3 Å². The summed E-state index contributed by atoms with van der Waals surface area (Å²) < 4.78 is 37.3. The van der Waals surface area contributed by atoms with Crippen LogP contribution in [0, 0.1) is 0 Å². The molecule has 1 aliphatic rings. The zero-order valence-electron chi connectivity index (χ0n) is 15.4. The van der Waals surface area contributed by atoms with Crippen molar-refractivity contribution in [3.8, 4) is 0 Å². The van der Waals surface area contributed by atoms with Crippen molar-refractivity contribution in [2.75, 3.05) is 26.4 Å². The van der Waals surface area contributed by atoms with Crippen molar-refractivity contribution in [2.45, 2.75) is 90.1 Å². The molecule has 1 heterocycles. The molecule has 0 bridgehead atoms. The Balaban J connectivity index is 2.79. The largest absolute Gasteiger partial charge is 0.394 e. The highest BCUT2D eigenvalue weighted by Crippen LogP contribution is 2.29. The number of alkyl halides is 1. The number of ether oxygens (including phenoxy) is 4. The minimum absolute atomic E-state index is 0.299. The second-order valence-electron chi connectivity index (χ2n) is 6.28. The number of hydrogen-bond acceptors (Lipinski definition) is 5. The Hall–Kier alpha value is -0.270. The molecule has 0 aromatic carbocycles. The van der Waals surface area contributed by atoms with E-state index in [1.54, 1.807) is 0 Å². The molecular weight excluding hydrogens is 315 g/mol. The molecule has 0 aromatic heterocycles. The van der Waals surface area contributed by atoms with Crippen molar-refractivity contribution < 1.29 is 28.4 Å². The lowest BCUT2D eigenvalue weighted by atomic mass is 9.98. The van der Waals surface area contributed by atoms with Gasteiger partial charge in [-0.2, -0.15) is 0 Å². The van der Waals surface area contributed by atoms with Gasteiger partial charge in [0.25, 0.3) is 0 Å². The summed E-state index contributed by atoms with van der Waals surface area (Å²) in [6.45, 7) is 7.43. The van der Waals surface area contributed by atoms with Gasteiger partial charge in [-0.1, -0.05) is 40.0 Å². The first-order valence-corrected chi connectivity index (χ1v) is 9.44. The van der Waals surface area contributed by atoms with E-state index < -0.39 is 30.8 Å². The first-order chi connectivity index (χ1) is 11.7. The molecule has 0 spiro atoms. The van der Waals surface area contributed by atoms with Gasteiger partial charge < -0.3 is 24.1 Å². The third kappa shape index (κ3) is 6.92. The summed E-state index contributed by atoms with van der Waals surface area (Å²) >= 11 is 0. The Morgan fingerprint density at radius 1 is 0.792 bits per heavy atom. The van der Waals surface area contributed by atoms with Gasteiger partial charge in [-0.15, -0.1) is 0 Å². The molecule has 5 nitrogen and oxygen atoms in total. The fraction of sp³-hybridized carbons (Fsp3) is 1.00. The monoisotopic (exact) mass is 350 g/mol. The van der Waals surface area contributed by atoms with E-state index in [0.29, 0.717) is 19.8 Å². The van der Waals surface area contributed by atoms with Gasteiger partial charge in [-0.25, -0.2) is 4.39 Å². The predicted molar refractivity (Wildman–Crippen MR) is 90.8 cm³/mol. The van der Waals surface area contributed by atoms with Gasteiger partial charge in [-0.3, -0.25) is 0 Å². The highest BCUT2D eigenvalue weighted by Gasteiger charge is 2.48. The average Bonchev–Trinajstić information content (AvgIpc) is 2.58. The summed E-state index contributed by atoms with van der Waals surface area (Å²) in [6, 6.07) is 0. The Bertz CT molecular complexity index is 305. The number of rotatable bonds is 13. The van der Waals surface area contributed by atoms with E-state index >= 15 is 0 Å². The van der Waals surface area contributed by atoms with Crippen LogP contribution in [0.2, 0.25) is 0 Å². The van der Waals surface area contributed by atoms with E-state index in [9.17, 15) is 9.50 Å². The summed E-state index contributed by atoms with van der Waals surface area (Å²) in [5, 5.41) is 9.56. The molecular formula is C18H35FO5. The van der Waals surface area contributed by atoms with Crippen molar-refractivity contribution in [1.29, 1.82) is 0 Å². The Morgan fingerprint density at radius 2 is 1.25 bits per heavy atom. The molecule has 24 heavy (non-hydrogen) atoms. The highest BCUT2D eigenvalue weighted by molar-refractivity contribution is 4.92. The van der Waals surface area contributed by atoms with Gasteiger partial charge in [0.15, 0.2) is 0 Å². The average molecular weight is 350 g/mol. The van der Waals surface area contributed by atoms with Gasteiger partial charge in [-0.05, 0) is 19.3 Å². The molecule has 1 aliphatic heterocycles. The lowest BCUT2D eigenvalue weighted by Gasteiger charge is -2.43. The molecule has 0 aromatic rings. The summed E-state index contributed by atoms with van der Waals surface area (Å²) in [4.78, 5) is 0. The quantitative estimate of drug-likeness (QED) is 0.517. The molecule has 0 amide bonds. The van der Waals surface area contributed by atoms with Crippen molar-refractivity contribution >= 4 is 0 Å². The lowest BCUT2D eigenvalue weighted by molar-refractivity contribution is -0.291. The third-order valence-electron chi connectivity index (χ3n) is 4.18. The molecule has 1 N–H and O–H groups in total. The van der Waals surface area contributed by atoms with E-state index in [2.05, 4.69) is 20.8 Å². The first kappa shape index (κ1) is 21.8. The molecule has 2 unspecified atom stereocenters. The van der Waals surface area contributed by atoms with E-state index in [4.69, 9.17) is 18.9 Å². The lowest BCUT2D eigenvalue weighted by Crippen LogP contribution is -2.60. The van der Waals surface area contributed by atoms with Crippen LogP contribution in [0.15, 0.2) is 0 Å². The van der Waals surface area contributed by atoms with E-state index in [-0.39, 0.29) is 6.61 Å². The second-order valence-corrected chi connectivity index (χ2v) is 6.28. The van der Waals surface area contributed by atoms with E-state index in [1.807, 2.05) is 0 Å². The Morgan fingerprint density at radius 3 is 1.71 bits per heavy atom. The smallest absolute Gasteiger partial charge is 0.228 e. The van der Waals surface area contributed by atoms with Crippen LogP contribution in [0.4, 0.5) is 4.39 Å². The second kappa shape index (κ2) is 13.0. The molecule has 144 valence electrons. The van der Waals surface area contributed by atoms with Gasteiger partial charge in [0.1, 0.15) is 24.4 Å². The maximum atomic E-state index is 14.4. The minimum Gasteiger partial charge on any atom is -0.394 e. The molecule has 5 atom stereocenters. The number of hydrogen-bond donors (Lipinski definition) is 1. The highest BCUT2D eigenvalue weighted by atomic mass is 19.1. The van der Waals surface area contributed by atoms with Crippen molar-refractivity contribution in [1.82, 2.24) is 0 Å². The Labute approximate surface area is 145 Å². The summed E-state index contributed by atoms with van der Waals surface area (Å²) in [6.07, 6.45) is 1.38. The van der Waals surface area contributed by atoms with Crippen LogP contribution < -0.4 is 0 Å².